The summed E-state index contributed by atoms with van der Waals surface area (Å²) in [4.78, 5) is 7.65. The van der Waals surface area contributed by atoms with Crippen molar-refractivity contribution in [1.82, 2.24) is 14.5 Å². The van der Waals surface area contributed by atoms with Gasteiger partial charge in [0.05, 0.1) is 16.2 Å². The third-order valence-corrected chi connectivity index (χ3v) is 7.83. The average Bonchev–Trinajstić information content (AvgIpc) is 3.47. The van der Waals surface area contributed by atoms with Gasteiger partial charge in [-0.15, -0.1) is 11.3 Å². The second-order valence-corrected chi connectivity index (χ2v) is 10.4. The lowest BCUT2D eigenvalue weighted by atomic mass is 10.2. The number of hydrogen-bond acceptors (Lipinski definition) is 6. The van der Waals surface area contributed by atoms with Gasteiger partial charge in [0, 0.05) is 63.1 Å². The highest BCUT2D eigenvalue weighted by molar-refractivity contribution is 7.92. The lowest BCUT2D eigenvalue weighted by molar-refractivity contribution is 0.318. The van der Waals surface area contributed by atoms with Gasteiger partial charge < -0.3 is 9.47 Å². The second kappa shape index (κ2) is 8.78. The monoisotopic (exact) mass is 483 g/mol. The molecule has 1 aliphatic heterocycles. The highest BCUT2D eigenvalue weighted by atomic mass is 35.5. The van der Waals surface area contributed by atoms with Crippen LogP contribution >= 0.6 is 22.9 Å². The number of likely N-dealkylation sites (N-methyl/N-ethyl adjacent to an activating group) is 1. The number of rotatable bonds is 7. The van der Waals surface area contributed by atoms with Crippen molar-refractivity contribution in [3.63, 3.8) is 0 Å². The zero-order chi connectivity index (χ0) is 22.2. The molecule has 1 fully saturated rings. The molecule has 31 heavy (non-hydrogen) atoms. The Balaban J connectivity index is 1.49. The molecule has 1 N–H and O–H groups in total. The number of aryl methyl sites for hydroxylation is 1. The number of nitrogens with one attached hydrogen (secondary N) is 1. The van der Waals surface area contributed by atoms with Crippen molar-refractivity contribution in [2.45, 2.75) is 23.9 Å². The van der Waals surface area contributed by atoms with Gasteiger partial charge >= 0.3 is 0 Å². The van der Waals surface area contributed by atoms with E-state index in [0.29, 0.717) is 5.69 Å². The first-order chi connectivity index (χ1) is 14.7. The molecule has 1 atom stereocenters. The fourth-order valence-electron chi connectivity index (χ4n) is 3.81. The molecule has 4 rings (SSSR count). The van der Waals surface area contributed by atoms with Gasteiger partial charge in [-0.3, -0.25) is 9.62 Å². The van der Waals surface area contributed by atoms with E-state index < -0.39 is 20.7 Å². The molecule has 0 aliphatic carbocycles. The van der Waals surface area contributed by atoms with Crippen LogP contribution in [0.3, 0.4) is 0 Å². The summed E-state index contributed by atoms with van der Waals surface area (Å²) >= 11 is 7.64. The zero-order valence-corrected chi connectivity index (χ0v) is 19.5. The van der Waals surface area contributed by atoms with Crippen LogP contribution in [-0.4, -0.2) is 49.0 Å². The van der Waals surface area contributed by atoms with Crippen molar-refractivity contribution >= 4 is 44.5 Å². The molecule has 0 spiro atoms. The van der Waals surface area contributed by atoms with Gasteiger partial charge in [-0.2, -0.15) is 0 Å². The number of aromatic nitrogens is 2. The van der Waals surface area contributed by atoms with Crippen LogP contribution in [0.2, 0.25) is 5.02 Å². The second-order valence-electron chi connectivity index (χ2n) is 7.61. The van der Waals surface area contributed by atoms with E-state index in [-0.39, 0.29) is 16.9 Å². The zero-order valence-electron chi connectivity index (χ0n) is 17.1. The molecule has 3 aromatic rings. The normalized spacial score (nSPS) is 17.2. The number of anilines is 2. The summed E-state index contributed by atoms with van der Waals surface area (Å²) in [5, 5.41) is 1.71. The maximum absolute atomic E-state index is 14.8. The number of halogens is 2. The number of sulfonamides is 1. The fraction of sp³-hybridized carbons (Fsp3) is 0.350. The largest absolute Gasteiger partial charge is 0.369 e. The molecule has 0 bridgehead atoms. The smallest absolute Gasteiger partial charge is 0.266 e. The van der Waals surface area contributed by atoms with E-state index in [4.69, 9.17) is 11.6 Å². The molecule has 1 unspecified atom stereocenters. The van der Waals surface area contributed by atoms with E-state index >= 15 is 0 Å². The maximum Gasteiger partial charge on any atom is 0.266 e. The van der Waals surface area contributed by atoms with E-state index in [1.807, 2.05) is 31.3 Å². The summed E-state index contributed by atoms with van der Waals surface area (Å²) in [6, 6.07) is 6.62. The Labute approximate surface area is 190 Å². The summed E-state index contributed by atoms with van der Waals surface area (Å²) in [7, 11) is -0.250. The maximum atomic E-state index is 14.8. The first kappa shape index (κ1) is 22.1. The Kier molecular flexibility index (Phi) is 6.25. The van der Waals surface area contributed by atoms with Gasteiger partial charge in [-0.25, -0.2) is 17.8 Å². The molecule has 166 valence electrons. The minimum atomic E-state index is -4.13. The van der Waals surface area contributed by atoms with Crippen LogP contribution in [0, 0.1) is 5.82 Å². The lowest BCUT2D eigenvalue weighted by Gasteiger charge is -2.28. The highest BCUT2D eigenvalue weighted by Crippen LogP contribution is 2.33. The fourth-order valence-corrected chi connectivity index (χ4v) is 5.81. The quantitative estimate of drug-likeness (QED) is 0.553. The number of benzene rings is 1. The standard InChI is InChI=1S/C20H23ClFN5O2S2/c1-25-6-3-4-14(25)10-27-7-5-15(11-27)26(2)18-9-17(22)19(8-16(18)21)31(28,29)24-20-12-30-13-23-20/h3-4,6,8-9,12-13,15,24H,5,7,10-11H2,1-2H3. The molecule has 0 saturated carbocycles. The molecular formula is C20H23ClFN5O2S2. The van der Waals surface area contributed by atoms with Crippen molar-refractivity contribution in [2.75, 3.05) is 29.8 Å². The number of nitrogens with zero attached hydrogens (tertiary/aromatic N) is 4. The Morgan fingerprint density at radius 2 is 2.23 bits per heavy atom. The van der Waals surface area contributed by atoms with Gasteiger partial charge in [0.25, 0.3) is 10.0 Å². The number of thiazole rings is 1. The van der Waals surface area contributed by atoms with Crippen LogP contribution in [0.1, 0.15) is 12.1 Å². The van der Waals surface area contributed by atoms with Crippen molar-refractivity contribution in [1.29, 1.82) is 0 Å². The summed E-state index contributed by atoms with van der Waals surface area (Å²) < 4.78 is 44.3. The predicted molar refractivity (Wildman–Crippen MR) is 122 cm³/mol. The third-order valence-electron chi connectivity index (χ3n) is 5.57. The third kappa shape index (κ3) is 4.72. The summed E-state index contributed by atoms with van der Waals surface area (Å²) in [6.45, 7) is 2.57. The molecule has 1 aromatic carbocycles. The minimum absolute atomic E-state index is 0.144. The van der Waals surface area contributed by atoms with E-state index in [0.717, 1.165) is 32.1 Å². The number of likely N-dealkylation sites (tertiary alicyclic amines) is 1. The van der Waals surface area contributed by atoms with Gasteiger partial charge in [0.1, 0.15) is 10.7 Å². The molecule has 0 amide bonds. The summed E-state index contributed by atoms with van der Waals surface area (Å²) in [5.74, 6) is -0.710. The topological polar surface area (TPSA) is 70.5 Å². The Morgan fingerprint density at radius 1 is 1.42 bits per heavy atom. The van der Waals surface area contributed by atoms with E-state index in [9.17, 15) is 12.8 Å². The molecule has 2 aromatic heterocycles. The molecule has 1 aliphatic rings. The molecule has 7 nitrogen and oxygen atoms in total. The molecular weight excluding hydrogens is 461 g/mol. The van der Waals surface area contributed by atoms with Crippen LogP contribution in [0.25, 0.3) is 0 Å². The summed E-state index contributed by atoms with van der Waals surface area (Å²) in [5.41, 5.74) is 3.19. The van der Waals surface area contributed by atoms with Crippen LogP contribution in [0.5, 0.6) is 0 Å². The lowest BCUT2D eigenvalue weighted by Crippen LogP contribution is -2.35. The summed E-state index contributed by atoms with van der Waals surface area (Å²) in [6.07, 6.45) is 2.93. The van der Waals surface area contributed by atoms with Crippen molar-refractivity contribution in [3.05, 3.63) is 57.9 Å². The predicted octanol–water partition coefficient (Wildman–Crippen LogP) is 3.79. The minimum Gasteiger partial charge on any atom is -0.369 e. The molecule has 3 heterocycles. The SMILES string of the molecule is CN(c1cc(F)c(S(=O)(=O)Nc2cscn2)cc1Cl)C1CCN(Cc2cccn2C)C1. The van der Waals surface area contributed by atoms with Gasteiger partial charge in [-0.1, -0.05) is 11.6 Å². The Bertz CT molecular complexity index is 1170. The van der Waals surface area contributed by atoms with Crippen molar-refractivity contribution in [3.8, 4) is 0 Å². The van der Waals surface area contributed by atoms with Gasteiger partial charge in [0.15, 0.2) is 5.82 Å². The van der Waals surface area contributed by atoms with Gasteiger partial charge in [-0.05, 0) is 24.6 Å². The van der Waals surface area contributed by atoms with E-state index in [1.54, 1.807) is 0 Å². The molecule has 0 radical (unpaired) electrons. The molecule has 1 saturated heterocycles. The Morgan fingerprint density at radius 3 is 2.90 bits per heavy atom. The van der Waals surface area contributed by atoms with E-state index in [1.165, 1.54) is 34.0 Å². The van der Waals surface area contributed by atoms with Crippen molar-refractivity contribution < 1.29 is 12.8 Å². The first-order valence-electron chi connectivity index (χ1n) is 9.70. The van der Waals surface area contributed by atoms with Gasteiger partial charge in [0.2, 0.25) is 0 Å². The van der Waals surface area contributed by atoms with Crippen LogP contribution in [0.4, 0.5) is 15.9 Å². The Hall–Kier alpha value is -2.14. The van der Waals surface area contributed by atoms with Crippen LogP contribution in [0.15, 0.2) is 46.2 Å². The molecule has 11 heteroatoms. The van der Waals surface area contributed by atoms with Crippen LogP contribution < -0.4 is 9.62 Å². The van der Waals surface area contributed by atoms with E-state index in [2.05, 4.69) is 25.2 Å². The number of hydrogen-bond donors (Lipinski definition) is 1. The first-order valence-corrected chi connectivity index (χ1v) is 12.5. The average molecular weight is 484 g/mol. The highest BCUT2D eigenvalue weighted by Gasteiger charge is 2.29. The van der Waals surface area contributed by atoms with Crippen molar-refractivity contribution in [2.24, 2.45) is 7.05 Å². The van der Waals surface area contributed by atoms with Crippen LogP contribution in [-0.2, 0) is 23.6 Å².